The van der Waals surface area contributed by atoms with E-state index in [9.17, 15) is 14.9 Å². The Morgan fingerprint density at radius 3 is 2.53 bits per heavy atom. The number of benzene rings is 1. The minimum Gasteiger partial charge on any atom is -0.477 e. The van der Waals surface area contributed by atoms with Crippen LogP contribution in [0.15, 0.2) is 17.0 Å². The van der Waals surface area contributed by atoms with Crippen LogP contribution in [-0.4, -0.2) is 22.3 Å². The first-order chi connectivity index (χ1) is 6.99. The zero-order chi connectivity index (χ0) is 11.6. The van der Waals surface area contributed by atoms with Gasteiger partial charge >= 0.3 is 5.97 Å². The van der Waals surface area contributed by atoms with E-state index in [2.05, 4.69) is 0 Å². The number of hydrogen-bond acceptors (Lipinski definition) is 4. The van der Waals surface area contributed by atoms with Crippen LogP contribution in [0.1, 0.15) is 15.9 Å². The van der Waals surface area contributed by atoms with Crippen molar-refractivity contribution in [3.05, 3.63) is 33.4 Å². The van der Waals surface area contributed by atoms with E-state index in [0.717, 1.165) is 0 Å². The molecular formula is C9H9NO4S. The minimum atomic E-state index is -1.28. The van der Waals surface area contributed by atoms with Gasteiger partial charge in [-0.15, -0.1) is 11.8 Å². The molecule has 6 heteroatoms. The lowest BCUT2D eigenvalue weighted by Gasteiger charge is -2.05. The summed E-state index contributed by atoms with van der Waals surface area (Å²) >= 11 is 1.35. The highest BCUT2D eigenvalue weighted by molar-refractivity contribution is 7.98. The van der Waals surface area contributed by atoms with E-state index in [0.29, 0.717) is 10.5 Å². The maximum Gasteiger partial charge on any atom is 0.342 e. The number of thioether (sulfide) groups is 1. The summed E-state index contributed by atoms with van der Waals surface area (Å²) in [7, 11) is 0. The molecule has 0 heterocycles. The number of carbonyl (C=O) groups is 1. The van der Waals surface area contributed by atoms with Crippen LogP contribution in [-0.2, 0) is 0 Å². The van der Waals surface area contributed by atoms with E-state index in [1.807, 2.05) is 0 Å². The molecule has 0 amide bonds. The molecule has 5 nitrogen and oxygen atoms in total. The van der Waals surface area contributed by atoms with Gasteiger partial charge in [-0.3, -0.25) is 10.1 Å². The van der Waals surface area contributed by atoms with E-state index < -0.39 is 10.9 Å². The predicted octanol–water partition coefficient (Wildman–Crippen LogP) is 2.32. The van der Waals surface area contributed by atoms with Gasteiger partial charge < -0.3 is 5.11 Å². The van der Waals surface area contributed by atoms with Crippen molar-refractivity contribution in [2.24, 2.45) is 0 Å². The Kier molecular flexibility index (Phi) is 3.31. The Hall–Kier alpha value is -1.56. The van der Waals surface area contributed by atoms with Crippen LogP contribution in [0.25, 0.3) is 0 Å². The third kappa shape index (κ3) is 2.10. The van der Waals surface area contributed by atoms with Crippen molar-refractivity contribution in [2.75, 3.05) is 6.26 Å². The summed E-state index contributed by atoms with van der Waals surface area (Å²) in [4.78, 5) is 21.6. The minimum absolute atomic E-state index is 0.268. The molecule has 15 heavy (non-hydrogen) atoms. The maximum absolute atomic E-state index is 10.8. The number of nitro benzene ring substituents is 1. The topological polar surface area (TPSA) is 80.4 Å². The average Bonchev–Trinajstić information content (AvgIpc) is 2.16. The zero-order valence-electron chi connectivity index (χ0n) is 8.18. The van der Waals surface area contributed by atoms with Gasteiger partial charge in [0, 0.05) is 10.5 Å². The molecule has 0 fully saturated rings. The van der Waals surface area contributed by atoms with Gasteiger partial charge in [0.2, 0.25) is 0 Å². The average molecular weight is 227 g/mol. The van der Waals surface area contributed by atoms with Crippen molar-refractivity contribution >= 4 is 23.4 Å². The lowest BCUT2D eigenvalue weighted by Crippen LogP contribution is -2.05. The first-order valence-electron chi connectivity index (χ1n) is 4.04. The van der Waals surface area contributed by atoms with Crippen LogP contribution in [0, 0.1) is 17.0 Å². The highest BCUT2D eigenvalue weighted by Gasteiger charge is 2.24. The first kappa shape index (κ1) is 11.5. The van der Waals surface area contributed by atoms with Crippen molar-refractivity contribution in [1.29, 1.82) is 0 Å². The number of carboxylic acids is 1. The monoisotopic (exact) mass is 227 g/mol. The van der Waals surface area contributed by atoms with Crippen LogP contribution >= 0.6 is 11.8 Å². The molecule has 0 aliphatic carbocycles. The molecule has 0 atom stereocenters. The molecule has 0 aliphatic heterocycles. The highest BCUT2D eigenvalue weighted by atomic mass is 32.2. The lowest BCUT2D eigenvalue weighted by atomic mass is 10.1. The van der Waals surface area contributed by atoms with Crippen molar-refractivity contribution in [2.45, 2.75) is 11.8 Å². The maximum atomic E-state index is 10.8. The van der Waals surface area contributed by atoms with Crippen LogP contribution in [0.4, 0.5) is 5.69 Å². The molecule has 1 N–H and O–H groups in total. The third-order valence-corrected chi connectivity index (χ3v) is 2.90. The van der Waals surface area contributed by atoms with Crippen molar-refractivity contribution in [3.63, 3.8) is 0 Å². The quantitative estimate of drug-likeness (QED) is 0.487. The fraction of sp³-hybridized carbons (Fsp3) is 0.222. The second kappa shape index (κ2) is 4.31. The Bertz CT molecular complexity index is 430. The molecule has 1 rings (SSSR count). The number of nitrogens with zero attached hydrogens (tertiary/aromatic N) is 1. The molecule has 0 saturated heterocycles. The van der Waals surface area contributed by atoms with E-state index in [1.165, 1.54) is 17.8 Å². The van der Waals surface area contributed by atoms with Gasteiger partial charge in [0.1, 0.15) is 5.56 Å². The van der Waals surface area contributed by atoms with Crippen molar-refractivity contribution in [1.82, 2.24) is 0 Å². The summed E-state index contributed by atoms with van der Waals surface area (Å²) < 4.78 is 0. The summed E-state index contributed by atoms with van der Waals surface area (Å²) in [5.74, 6) is -1.28. The Labute approximate surface area is 90.3 Å². The molecule has 0 saturated carbocycles. The van der Waals surface area contributed by atoms with Crippen molar-refractivity contribution in [3.8, 4) is 0 Å². The molecule has 0 radical (unpaired) electrons. The second-order valence-corrected chi connectivity index (χ2v) is 3.70. The summed E-state index contributed by atoms with van der Waals surface area (Å²) in [5, 5.41) is 19.5. The molecular weight excluding hydrogens is 218 g/mol. The molecule has 0 spiro atoms. The Balaban J connectivity index is 3.51. The fourth-order valence-corrected chi connectivity index (χ4v) is 1.92. The smallest absolute Gasteiger partial charge is 0.342 e. The van der Waals surface area contributed by atoms with E-state index in [-0.39, 0.29) is 11.3 Å². The number of rotatable bonds is 3. The summed E-state index contributed by atoms with van der Waals surface area (Å²) in [6.45, 7) is 1.55. The summed E-state index contributed by atoms with van der Waals surface area (Å²) in [6.07, 6.45) is 1.78. The second-order valence-electron chi connectivity index (χ2n) is 2.85. The largest absolute Gasteiger partial charge is 0.477 e. The van der Waals surface area contributed by atoms with Gasteiger partial charge in [-0.05, 0) is 25.3 Å². The number of hydrogen-bond donors (Lipinski definition) is 1. The standard InChI is InChI=1S/C9H9NO4S/c1-5-7(15-2)4-3-6(9(11)12)8(5)10(13)14/h3-4H,1-2H3,(H,11,12). The molecule has 80 valence electrons. The normalized spacial score (nSPS) is 10.0. The number of nitro groups is 1. The van der Waals surface area contributed by atoms with E-state index in [1.54, 1.807) is 19.2 Å². The molecule has 1 aromatic rings. The lowest BCUT2D eigenvalue weighted by molar-refractivity contribution is -0.385. The van der Waals surface area contributed by atoms with Gasteiger partial charge in [-0.25, -0.2) is 4.79 Å². The third-order valence-electron chi connectivity index (χ3n) is 2.01. The number of aromatic carboxylic acids is 1. The van der Waals surface area contributed by atoms with Crippen LogP contribution in [0.3, 0.4) is 0 Å². The van der Waals surface area contributed by atoms with Crippen LogP contribution in [0.2, 0.25) is 0 Å². The van der Waals surface area contributed by atoms with Crippen LogP contribution < -0.4 is 0 Å². The van der Waals surface area contributed by atoms with Crippen LogP contribution in [0.5, 0.6) is 0 Å². The predicted molar refractivity (Wildman–Crippen MR) is 56.6 cm³/mol. The van der Waals surface area contributed by atoms with Gasteiger partial charge in [0.15, 0.2) is 0 Å². The first-order valence-corrected chi connectivity index (χ1v) is 5.26. The zero-order valence-corrected chi connectivity index (χ0v) is 9.00. The molecule has 1 aromatic carbocycles. The Morgan fingerprint density at radius 1 is 1.53 bits per heavy atom. The SMILES string of the molecule is CSc1ccc(C(=O)O)c([N+](=O)[O-])c1C. The molecule has 0 unspecified atom stereocenters. The van der Waals surface area contributed by atoms with E-state index >= 15 is 0 Å². The van der Waals surface area contributed by atoms with E-state index in [4.69, 9.17) is 5.11 Å². The Morgan fingerprint density at radius 2 is 2.13 bits per heavy atom. The van der Waals surface area contributed by atoms with Crippen molar-refractivity contribution < 1.29 is 14.8 Å². The molecule has 0 aliphatic rings. The molecule has 0 aromatic heterocycles. The van der Waals surface area contributed by atoms with Gasteiger partial charge in [-0.2, -0.15) is 0 Å². The summed E-state index contributed by atoms with van der Waals surface area (Å²) in [6, 6.07) is 2.84. The number of carboxylic acid groups (broad SMARTS) is 1. The molecule has 0 bridgehead atoms. The highest BCUT2D eigenvalue weighted by Crippen LogP contribution is 2.31. The van der Waals surface area contributed by atoms with Gasteiger partial charge in [0.05, 0.1) is 4.92 Å². The fourth-order valence-electron chi connectivity index (χ4n) is 1.31. The summed E-state index contributed by atoms with van der Waals surface area (Å²) in [5.41, 5.74) is -0.197. The van der Waals surface area contributed by atoms with Gasteiger partial charge in [-0.1, -0.05) is 0 Å². The van der Waals surface area contributed by atoms with Gasteiger partial charge in [0.25, 0.3) is 5.69 Å².